The maximum Gasteiger partial charge on any atom is 0.490 e. The Morgan fingerprint density at radius 2 is 1.83 bits per heavy atom. The van der Waals surface area contributed by atoms with E-state index < -0.39 is 12.1 Å². The van der Waals surface area contributed by atoms with Gasteiger partial charge in [0.2, 0.25) is 0 Å². The van der Waals surface area contributed by atoms with Crippen molar-refractivity contribution in [2.45, 2.75) is 64.1 Å². The fourth-order valence-corrected chi connectivity index (χ4v) is 4.68. The molecule has 0 spiro atoms. The highest BCUT2D eigenvalue weighted by Crippen LogP contribution is 2.34. The summed E-state index contributed by atoms with van der Waals surface area (Å²) < 4.78 is 31.7. The first-order chi connectivity index (χ1) is 17.0. The molecule has 3 heterocycles. The minimum Gasteiger partial charge on any atom is -0.475 e. The first-order valence-corrected chi connectivity index (χ1v) is 11.8. The van der Waals surface area contributed by atoms with E-state index in [1.165, 1.54) is 19.3 Å². The number of aliphatic carboxylic acids is 1. The molecule has 3 aromatic rings. The fraction of sp³-hybridized carbons (Fsp3) is 0.440. The average molecular weight is 504 g/mol. The van der Waals surface area contributed by atoms with E-state index in [1.54, 1.807) is 0 Å². The highest BCUT2D eigenvalue weighted by atomic mass is 19.4. The van der Waals surface area contributed by atoms with Crippen LogP contribution in [0.5, 0.6) is 0 Å². The zero-order chi connectivity index (χ0) is 26.1. The lowest BCUT2D eigenvalue weighted by Crippen LogP contribution is -2.37. The molecule has 0 radical (unpaired) electrons. The number of carbonyl (C=O) groups is 2. The molecule has 1 fully saturated rings. The van der Waals surface area contributed by atoms with Crippen molar-refractivity contribution in [1.29, 1.82) is 0 Å². The normalized spacial score (nSPS) is 17.0. The van der Waals surface area contributed by atoms with E-state index in [-0.39, 0.29) is 11.4 Å². The summed E-state index contributed by atoms with van der Waals surface area (Å²) in [7, 11) is 0. The number of rotatable bonds is 3. The highest BCUT2D eigenvalue weighted by molar-refractivity contribution is 5.99. The number of amides is 1. The molecule has 2 aromatic heterocycles. The van der Waals surface area contributed by atoms with Crippen LogP contribution in [0.25, 0.3) is 22.3 Å². The van der Waals surface area contributed by atoms with Crippen LogP contribution in [0.3, 0.4) is 0 Å². The molecular formula is C25H28F3N5O3. The number of carboxylic acids is 1. The Hall–Kier alpha value is -3.63. The van der Waals surface area contributed by atoms with Crippen LogP contribution in [0.2, 0.25) is 0 Å². The maximum atomic E-state index is 12.2. The number of carboxylic acid groups (broad SMARTS) is 1. The van der Waals surface area contributed by atoms with Gasteiger partial charge in [0.15, 0.2) is 0 Å². The van der Waals surface area contributed by atoms with Crippen molar-refractivity contribution in [3.05, 3.63) is 41.2 Å². The molecule has 11 heteroatoms. The molecule has 36 heavy (non-hydrogen) atoms. The van der Waals surface area contributed by atoms with Gasteiger partial charge in [0.25, 0.3) is 5.91 Å². The van der Waals surface area contributed by atoms with E-state index in [1.807, 2.05) is 31.2 Å². The molecule has 4 N–H and O–H groups in total. The topological polar surface area (TPSA) is 120 Å². The van der Waals surface area contributed by atoms with Gasteiger partial charge in [-0.15, -0.1) is 0 Å². The zero-order valence-electron chi connectivity index (χ0n) is 20.1. The van der Waals surface area contributed by atoms with Gasteiger partial charge in [-0.25, -0.2) is 14.8 Å². The Morgan fingerprint density at radius 3 is 2.47 bits per heavy atom. The number of para-hydroxylation sites is 1. The molecule has 1 saturated carbocycles. The largest absolute Gasteiger partial charge is 0.490 e. The number of alkyl halides is 3. The average Bonchev–Trinajstić information content (AvgIpc) is 3.25. The molecule has 1 aliphatic carbocycles. The van der Waals surface area contributed by atoms with Crippen LogP contribution >= 0.6 is 0 Å². The lowest BCUT2D eigenvalue weighted by atomic mass is 9.83. The van der Waals surface area contributed by atoms with E-state index >= 15 is 0 Å². The van der Waals surface area contributed by atoms with Crippen LogP contribution in [0, 0.1) is 6.92 Å². The molecule has 0 atom stereocenters. The molecule has 0 saturated heterocycles. The third kappa shape index (κ3) is 5.44. The van der Waals surface area contributed by atoms with Crippen molar-refractivity contribution < 1.29 is 27.9 Å². The molecule has 0 unspecified atom stereocenters. The monoisotopic (exact) mass is 503 g/mol. The highest BCUT2D eigenvalue weighted by Gasteiger charge is 2.38. The fourth-order valence-electron chi connectivity index (χ4n) is 4.68. The summed E-state index contributed by atoms with van der Waals surface area (Å²) in [5.41, 5.74) is 6.36. The van der Waals surface area contributed by atoms with Crippen molar-refractivity contribution in [2.24, 2.45) is 0 Å². The van der Waals surface area contributed by atoms with Crippen LogP contribution in [0.1, 0.15) is 60.8 Å². The minimum atomic E-state index is -5.08. The number of aromatic nitrogens is 3. The third-order valence-corrected chi connectivity index (χ3v) is 6.58. The van der Waals surface area contributed by atoms with Gasteiger partial charge in [0.1, 0.15) is 11.3 Å². The van der Waals surface area contributed by atoms with Crippen LogP contribution in [0.15, 0.2) is 24.3 Å². The van der Waals surface area contributed by atoms with Crippen LogP contribution < -0.4 is 10.6 Å². The van der Waals surface area contributed by atoms with Gasteiger partial charge in [-0.3, -0.25) is 4.79 Å². The van der Waals surface area contributed by atoms with E-state index in [0.29, 0.717) is 6.54 Å². The molecule has 8 nitrogen and oxygen atoms in total. The summed E-state index contributed by atoms with van der Waals surface area (Å²) in [5, 5.41) is 13.7. The Labute approximate surface area is 205 Å². The zero-order valence-corrected chi connectivity index (χ0v) is 20.1. The van der Waals surface area contributed by atoms with E-state index in [2.05, 4.69) is 22.5 Å². The number of aromatic amines is 1. The molecule has 1 aromatic carbocycles. The van der Waals surface area contributed by atoms with Gasteiger partial charge >= 0.3 is 12.1 Å². The number of fused-ring (bicyclic) bond motifs is 2. The second-order valence-corrected chi connectivity index (χ2v) is 9.46. The van der Waals surface area contributed by atoms with Crippen LogP contribution in [-0.2, 0) is 11.2 Å². The number of nitrogens with zero attached hydrogens (tertiary/aromatic N) is 2. The Morgan fingerprint density at radius 1 is 1.14 bits per heavy atom. The van der Waals surface area contributed by atoms with Crippen molar-refractivity contribution in [1.82, 2.24) is 20.3 Å². The maximum absolute atomic E-state index is 12.2. The second kappa shape index (κ2) is 9.79. The molecule has 1 amide bonds. The van der Waals surface area contributed by atoms with Crippen molar-refractivity contribution in [3.8, 4) is 11.3 Å². The van der Waals surface area contributed by atoms with E-state index in [9.17, 15) is 18.0 Å². The molecule has 1 aliphatic heterocycles. The lowest BCUT2D eigenvalue weighted by Gasteiger charge is -2.35. The van der Waals surface area contributed by atoms with Crippen molar-refractivity contribution >= 4 is 28.7 Å². The Kier molecular flexibility index (Phi) is 6.92. The molecule has 5 rings (SSSR count). The Bertz CT molecular complexity index is 1300. The molecule has 0 bridgehead atoms. The van der Waals surface area contributed by atoms with Crippen LogP contribution in [-0.4, -0.2) is 50.2 Å². The number of H-pyrrole nitrogens is 1. The third-order valence-electron chi connectivity index (χ3n) is 6.58. The van der Waals surface area contributed by atoms with Gasteiger partial charge in [0, 0.05) is 35.5 Å². The van der Waals surface area contributed by atoms with E-state index in [0.717, 1.165) is 64.3 Å². The molecular weight excluding hydrogens is 475 g/mol. The Balaban J connectivity index is 0.000000384. The van der Waals surface area contributed by atoms with Crippen molar-refractivity contribution in [3.63, 3.8) is 0 Å². The number of nitrogens with one attached hydrogen (secondary N) is 3. The lowest BCUT2D eigenvalue weighted by molar-refractivity contribution is -0.192. The number of aryl methyl sites for hydroxylation is 1. The smallest absolute Gasteiger partial charge is 0.475 e. The first kappa shape index (κ1) is 25.5. The number of benzene rings is 1. The summed E-state index contributed by atoms with van der Waals surface area (Å²) in [6.45, 7) is 4.99. The second-order valence-electron chi connectivity index (χ2n) is 9.46. The van der Waals surface area contributed by atoms with Gasteiger partial charge in [-0.05, 0) is 38.8 Å². The summed E-state index contributed by atoms with van der Waals surface area (Å²) in [5.74, 6) is -1.90. The van der Waals surface area contributed by atoms with Gasteiger partial charge in [0.05, 0.1) is 16.8 Å². The molecule has 192 valence electrons. The number of hydrogen-bond donors (Lipinski definition) is 4. The van der Waals surface area contributed by atoms with Gasteiger partial charge < -0.3 is 20.7 Å². The van der Waals surface area contributed by atoms with Gasteiger partial charge in [-0.1, -0.05) is 31.4 Å². The number of carbonyl (C=O) groups excluding carboxylic acids is 1. The first-order valence-electron chi connectivity index (χ1n) is 11.8. The number of hydrogen-bond acceptors (Lipinski definition) is 5. The minimum absolute atomic E-state index is 0.0107. The SMILES string of the molecule is Cc1nc2cccc(-c3cc4c([nH]3)CCNC4=O)c2nc1NC1(C)CCCCC1.O=C(O)C(F)(F)F. The van der Waals surface area contributed by atoms with E-state index in [4.69, 9.17) is 19.9 Å². The molecule has 2 aliphatic rings. The number of anilines is 1. The summed E-state index contributed by atoms with van der Waals surface area (Å²) in [6, 6.07) is 7.99. The predicted octanol–water partition coefficient (Wildman–Crippen LogP) is 4.99. The number of halogens is 3. The predicted molar refractivity (Wildman–Crippen MR) is 129 cm³/mol. The quantitative estimate of drug-likeness (QED) is 0.400. The summed E-state index contributed by atoms with van der Waals surface area (Å²) in [6.07, 6.45) is 1.88. The standard InChI is InChI=1S/C23H27N5O.C2HF3O2/c1-14-21(28-23(2)10-4-3-5-11-23)27-20-15(7-6-8-18(20)25-14)19-13-16-17(26-19)9-12-24-22(16)29;3-2(4,5)1(6)7/h6-8,13,26H,3-5,9-12H2,1-2H3,(H,24,29)(H,27,28);(H,6,7). The van der Waals surface area contributed by atoms with Gasteiger partial charge in [-0.2, -0.15) is 13.2 Å². The van der Waals surface area contributed by atoms with Crippen molar-refractivity contribution in [2.75, 3.05) is 11.9 Å². The van der Waals surface area contributed by atoms with Crippen LogP contribution in [0.4, 0.5) is 19.0 Å². The summed E-state index contributed by atoms with van der Waals surface area (Å²) in [4.78, 5) is 34.4. The summed E-state index contributed by atoms with van der Waals surface area (Å²) >= 11 is 0.